The molecule has 0 aliphatic carbocycles. The standard InChI is InChI=1S/C23H23NO2/c25-23(24(26)22-13-5-2-6-14-22)21-17-15-20(16-18-21)12-8-7-11-19-9-3-1-4-10-19/h1-6,9-10,13-18,26H,7-8,11-12H2. The first-order valence-electron chi connectivity index (χ1n) is 8.95. The van der Waals surface area contributed by atoms with Crippen LogP contribution >= 0.6 is 0 Å². The summed E-state index contributed by atoms with van der Waals surface area (Å²) >= 11 is 0. The van der Waals surface area contributed by atoms with Gasteiger partial charge in [-0.1, -0.05) is 60.7 Å². The number of hydroxylamine groups is 1. The average Bonchev–Trinajstić information content (AvgIpc) is 2.72. The van der Waals surface area contributed by atoms with Crippen LogP contribution in [0.2, 0.25) is 0 Å². The van der Waals surface area contributed by atoms with Crippen LogP contribution in [0.3, 0.4) is 0 Å². The van der Waals surface area contributed by atoms with Gasteiger partial charge in [0.15, 0.2) is 0 Å². The summed E-state index contributed by atoms with van der Waals surface area (Å²) in [4.78, 5) is 12.3. The van der Waals surface area contributed by atoms with E-state index in [-0.39, 0.29) is 0 Å². The van der Waals surface area contributed by atoms with E-state index in [9.17, 15) is 10.0 Å². The van der Waals surface area contributed by atoms with Crippen molar-refractivity contribution in [3.63, 3.8) is 0 Å². The highest BCUT2D eigenvalue weighted by atomic mass is 16.5. The van der Waals surface area contributed by atoms with E-state index in [0.717, 1.165) is 25.7 Å². The highest BCUT2D eigenvalue weighted by molar-refractivity contribution is 6.04. The molecule has 0 atom stereocenters. The predicted octanol–water partition coefficient (Wildman–Crippen LogP) is 5.29. The molecule has 26 heavy (non-hydrogen) atoms. The van der Waals surface area contributed by atoms with Crippen LogP contribution < -0.4 is 5.06 Å². The van der Waals surface area contributed by atoms with Crippen LogP contribution in [0.25, 0.3) is 0 Å². The maximum absolute atomic E-state index is 12.3. The highest BCUT2D eigenvalue weighted by Crippen LogP contribution is 2.16. The zero-order chi connectivity index (χ0) is 18.2. The van der Waals surface area contributed by atoms with Crippen LogP contribution in [-0.4, -0.2) is 11.1 Å². The smallest absolute Gasteiger partial charge is 0.281 e. The van der Waals surface area contributed by atoms with E-state index >= 15 is 0 Å². The first-order chi connectivity index (χ1) is 12.7. The van der Waals surface area contributed by atoms with E-state index in [0.29, 0.717) is 16.3 Å². The summed E-state index contributed by atoms with van der Waals surface area (Å²) in [5.41, 5.74) is 3.52. The predicted molar refractivity (Wildman–Crippen MR) is 105 cm³/mol. The Kier molecular flexibility index (Phi) is 6.18. The molecule has 0 fully saturated rings. The Labute approximate surface area is 154 Å². The van der Waals surface area contributed by atoms with Crippen LogP contribution in [0, 0.1) is 0 Å². The number of hydrogen-bond donors (Lipinski definition) is 1. The van der Waals surface area contributed by atoms with E-state index in [1.54, 1.807) is 36.4 Å². The van der Waals surface area contributed by atoms with Crippen molar-refractivity contribution in [2.45, 2.75) is 25.7 Å². The molecule has 132 valence electrons. The summed E-state index contributed by atoms with van der Waals surface area (Å²) in [5, 5.41) is 10.8. The van der Waals surface area contributed by atoms with Crippen molar-refractivity contribution in [2.75, 3.05) is 5.06 Å². The van der Waals surface area contributed by atoms with Gasteiger partial charge in [0.05, 0.1) is 5.69 Å². The van der Waals surface area contributed by atoms with Crippen molar-refractivity contribution in [2.24, 2.45) is 0 Å². The Morgan fingerprint density at radius 3 is 1.77 bits per heavy atom. The lowest BCUT2D eigenvalue weighted by molar-refractivity contribution is 0.0855. The largest absolute Gasteiger partial charge is 0.281 e. The van der Waals surface area contributed by atoms with Gasteiger partial charge in [-0.05, 0) is 61.1 Å². The van der Waals surface area contributed by atoms with Crippen LogP contribution in [0.1, 0.15) is 34.3 Å². The third kappa shape index (κ3) is 4.80. The van der Waals surface area contributed by atoms with Crippen molar-refractivity contribution in [3.05, 3.63) is 102 Å². The Morgan fingerprint density at radius 1 is 0.692 bits per heavy atom. The van der Waals surface area contributed by atoms with Gasteiger partial charge in [0.2, 0.25) is 0 Å². The number of rotatable bonds is 7. The number of carbonyl (C=O) groups excluding carboxylic acids is 1. The first-order valence-corrected chi connectivity index (χ1v) is 8.95. The lowest BCUT2D eigenvalue weighted by Gasteiger charge is -2.15. The molecule has 0 aliphatic rings. The van der Waals surface area contributed by atoms with Gasteiger partial charge in [-0.25, -0.2) is 0 Å². The number of carbonyl (C=O) groups is 1. The number of amides is 1. The zero-order valence-electron chi connectivity index (χ0n) is 14.7. The number of hydrogen-bond acceptors (Lipinski definition) is 2. The molecule has 0 unspecified atom stereocenters. The summed E-state index contributed by atoms with van der Waals surface area (Å²) in [5.74, 6) is -0.424. The molecule has 1 amide bonds. The zero-order valence-corrected chi connectivity index (χ0v) is 14.7. The Morgan fingerprint density at radius 2 is 1.19 bits per heavy atom. The molecule has 3 rings (SSSR count). The lowest BCUT2D eigenvalue weighted by atomic mass is 10.0. The average molecular weight is 345 g/mol. The van der Waals surface area contributed by atoms with Crippen LogP contribution in [0.4, 0.5) is 5.69 Å². The number of aryl methyl sites for hydroxylation is 2. The van der Waals surface area contributed by atoms with Crippen LogP contribution in [0.5, 0.6) is 0 Å². The summed E-state index contributed by atoms with van der Waals surface area (Å²) in [6.45, 7) is 0. The highest BCUT2D eigenvalue weighted by Gasteiger charge is 2.15. The van der Waals surface area contributed by atoms with E-state index in [1.807, 2.05) is 24.3 Å². The number of nitrogens with zero attached hydrogens (tertiary/aromatic N) is 1. The molecular weight excluding hydrogens is 322 g/mol. The fourth-order valence-corrected chi connectivity index (χ4v) is 2.93. The van der Waals surface area contributed by atoms with Crippen molar-refractivity contribution in [3.8, 4) is 0 Å². The molecule has 0 saturated carbocycles. The molecule has 0 aromatic heterocycles. The number of para-hydroxylation sites is 1. The lowest BCUT2D eigenvalue weighted by Crippen LogP contribution is -2.26. The van der Waals surface area contributed by atoms with Gasteiger partial charge in [0.1, 0.15) is 0 Å². The molecule has 0 saturated heterocycles. The first kappa shape index (κ1) is 17.9. The summed E-state index contributed by atoms with van der Waals surface area (Å²) in [7, 11) is 0. The summed E-state index contributed by atoms with van der Waals surface area (Å²) in [6.07, 6.45) is 4.33. The third-order valence-corrected chi connectivity index (χ3v) is 4.42. The maximum Gasteiger partial charge on any atom is 0.281 e. The van der Waals surface area contributed by atoms with Crippen molar-refractivity contribution >= 4 is 11.6 Å². The molecule has 3 heteroatoms. The van der Waals surface area contributed by atoms with E-state index < -0.39 is 5.91 Å². The van der Waals surface area contributed by atoms with Crippen LogP contribution in [-0.2, 0) is 12.8 Å². The quantitative estimate of drug-likeness (QED) is 0.359. The minimum absolute atomic E-state index is 0.424. The molecule has 3 aromatic carbocycles. The Hall–Kier alpha value is -2.91. The molecular formula is C23H23NO2. The molecule has 0 spiro atoms. The maximum atomic E-state index is 12.3. The van der Waals surface area contributed by atoms with E-state index in [2.05, 4.69) is 24.3 Å². The van der Waals surface area contributed by atoms with Gasteiger partial charge >= 0.3 is 0 Å². The van der Waals surface area contributed by atoms with Crippen LogP contribution in [0.15, 0.2) is 84.9 Å². The normalized spacial score (nSPS) is 10.5. The van der Waals surface area contributed by atoms with Crippen molar-refractivity contribution in [1.82, 2.24) is 0 Å². The van der Waals surface area contributed by atoms with Gasteiger partial charge in [-0.15, -0.1) is 0 Å². The molecule has 0 aliphatic heterocycles. The molecule has 0 heterocycles. The molecule has 0 bridgehead atoms. The SMILES string of the molecule is O=C(c1ccc(CCCCc2ccccc2)cc1)N(O)c1ccccc1. The second kappa shape index (κ2) is 8.97. The van der Waals surface area contributed by atoms with Gasteiger partial charge in [0, 0.05) is 5.56 Å². The molecule has 1 N–H and O–H groups in total. The Bertz CT molecular complexity index is 814. The van der Waals surface area contributed by atoms with E-state index in [1.165, 1.54) is 11.1 Å². The minimum Gasteiger partial charge on any atom is -0.281 e. The van der Waals surface area contributed by atoms with E-state index in [4.69, 9.17) is 0 Å². The monoisotopic (exact) mass is 345 g/mol. The molecule has 3 nitrogen and oxygen atoms in total. The van der Waals surface area contributed by atoms with Crippen molar-refractivity contribution < 1.29 is 10.0 Å². The van der Waals surface area contributed by atoms with Gasteiger partial charge in [0.25, 0.3) is 5.91 Å². The minimum atomic E-state index is -0.424. The Balaban J connectivity index is 1.51. The van der Waals surface area contributed by atoms with Gasteiger partial charge in [-0.3, -0.25) is 10.0 Å². The summed E-state index contributed by atoms with van der Waals surface area (Å²) < 4.78 is 0. The number of unbranched alkanes of at least 4 members (excludes halogenated alkanes) is 1. The topological polar surface area (TPSA) is 40.5 Å². The second-order valence-electron chi connectivity index (χ2n) is 6.34. The fraction of sp³-hybridized carbons (Fsp3) is 0.174. The molecule has 0 radical (unpaired) electrons. The second-order valence-corrected chi connectivity index (χ2v) is 6.34. The van der Waals surface area contributed by atoms with Crippen molar-refractivity contribution in [1.29, 1.82) is 0 Å². The third-order valence-electron chi connectivity index (χ3n) is 4.42. The molecule has 3 aromatic rings. The van der Waals surface area contributed by atoms with Gasteiger partial charge in [-0.2, -0.15) is 5.06 Å². The fourth-order valence-electron chi connectivity index (χ4n) is 2.93. The van der Waals surface area contributed by atoms with Gasteiger partial charge < -0.3 is 0 Å². The number of anilines is 1. The summed E-state index contributed by atoms with van der Waals surface area (Å²) in [6, 6.07) is 26.8. The number of benzene rings is 3.